The number of carbonyl (C=O) groups is 1. The largest absolute Gasteiger partial charge is 0.287 e. The van der Waals surface area contributed by atoms with Gasteiger partial charge in [0.25, 0.3) is 0 Å². The Labute approximate surface area is 76.4 Å². The molecule has 0 atom stereocenters. The highest BCUT2D eigenvalue weighted by Crippen LogP contribution is 2.17. The maximum absolute atomic E-state index is 11.1. The number of nitrogens with zero attached hydrogens (tertiary/aromatic N) is 1. The number of pyridine rings is 1. The molecule has 1 aromatic rings. The summed E-state index contributed by atoms with van der Waals surface area (Å²) < 4.78 is 0. The normalized spacial score (nSPS) is 9.75. The van der Waals surface area contributed by atoms with Crippen LogP contribution in [0.3, 0.4) is 0 Å². The topological polar surface area (TPSA) is 30.0 Å². The molecule has 1 heterocycles. The Bertz CT molecular complexity index is 248. The molecule has 0 saturated heterocycles. The monoisotopic (exact) mass is 181 g/mol. The van der Waals surface area contributed by atoms with Gasteiger partial charge < -0.3 is 0 Å². The van der Waals surface area contributed by atoms with Crippen molar-refractivity contribution in [1.29, 1.82) is 0 Å². The fourth-order valence-electron chi connectivity index (χ4n) is 0.779. The number of rotatable bonds is 3. The minimum atomic E-state index is 0.191. The first kappa shape index (κ1) is 9.26. The van der Waals surface area contributed by atoms with Gasteiger partial charge in [0, 0.05) is 12.6 Å². The van der Waals surface area contributed by atoms with Crippen LogP contribution in [0.5, 0.6) is 0 Å². The zero-order valence-corrected chi connectivity index (χ0v) is 7.80. The van der Waals surface area contributed by atoms with Crippen molar-refractivity contribution < 1.29 is 4.79 Å². The first-order valence-electron chi connectivity index (χ1n) is 3.94. The Morgan fingerprint density at radius 1 is 1.58 bits per heavy atom. The fourth-order valence-corrected chi connectivity index (χ4v) is 1.58. The smallest absolute Gasteiger partial charge is 0.195 e. The molecule has 0 aliphatic carbocycles. The van der Waals surface area contributed by atoms with E-state index in [0.29, 0.717) is 6.42 Å². The van der Waals surface area contributed by atoms with E-state index in [-0.39, 0.29) is 5.12 Å². The first-order valence-corrected chi connectivity index (χ1v) is 4.76. The van der Waals surface area contributed by atoms with Crippen molar-refractivity contribution in [2.75, 3.05) is 0 Å². The molecular weight excluding hydrogens is 170 g/mol. The molecule has 0 aliphatic rings. The highest BCUT2D eigenvalue weighted by Gasteiger charge is 2.02. The van der Waals surface area contributed by atoms with Crippen LogP contribution in [-0.2, 0) is 4.79 Å². The third-order valence-corrected chi connectivity index (χ3v) is 2.19. The van der Waals surface area contributed by atoms with Crippen LogP contribution in [0, 0.1) is 0 Å². The van der Waals surface area contributed by atoms with E-state index in [9.17, 15) is 4.79 Å². The average molecular weight is 181 g/mol. The van der Waals surface area contributed by atoms with E-state index >= 15 is 0 Å². The van der Waals surface area contributed by atoms with Crippen LogP contribution in [0.1, 0.15) is 19.8 Å². The Hall–Kier alpha value is -0.830. The number of carbonyl (C=O) groups excluding carboxylic acids is 1. The Balaban J connectivity index is 2.47. The summed E-state index contributed by atoms with van der Waals surface area (Å²) in [5, 5.41) is 0.979. The third-order valence-electron chi connectivity index (χ3n) is 1.31. The molecular formula is C9H11NOS. The Morgan fingerprint density at radius 2 is 2.42 bits per heavy atom. The third kappa shape index (κ3) is 3.05. The van der Waals surface area contributed by atoms with E-state index in [1.165, 1.54) is 11.8 Å². The standard InChI is InChI=1S/C9H11NOS/c1-2-5-9(11)12-8-6-3-4-7-10-8/h3-4,6-7H,2,5H2,1H3. The van der Waals surface area contributed by atoms with Gasteiger partial charge >= 0.3 is 0 Å². The zero-order valence-electron chi connectivity index (χ0n) is 6.99. The predicted octanol–water partition coefficient (Wildman–Crippen LogP) is 2.50. The predicted molar refractivity (Wildman–Crippen MR) is 50.0 cm³/mol. The average Bonchev–Trinajstić information content (AvgIpc) is 2.06. The summed E-state index contributed by atoms with van der Waals surface area (Å²) >= 11 is 1.22. The van der Waals surface area contributed by atoms with Crippen molar-refractivity contribution >= 4 is 16.9 Å². The molecule has 12 heavy (non-hydrogen) atoms. The molecule has 0 fully saturated rings. The second-order valence-electron chi connectivity index (χ2n) is 2.39. The van der Waals surface area contributed by atoms with Crippen LogP contribution in [-0.4, -0.2) is 10.1 Å². The van der Waals surface area contributed by atoms with Gasteiger partial charge in [-0.1, -0.05) is 13.0 Å². The van der Waals surface area contributed by atoms with Gasteiger partial charge in [-0.3, -0.25) is 4.79 Å². The van der Waals surface area contributed by atoms with Crippen LogP contribution < -0.4 is 0 Å². The quantitative estimate of drug-likeness (QED) is 0.671. The highest BCUT2D eigenvalue weighted by molar-refractivity contribution is 8.13. The van der Waals surface area contributed by atoms with E-state index in [2.05, 4.69) is 4.98 Å². The van der Waals surface area contributed by atoms with Gasteiger partial charge in [0.05, 0.1) is 0 Å². The van der Waals surface area contributed by atoms with Crippen LogP contribution >= 0.6 is 11.8 Å². The summed E-state index contributed by atoms with van der Waals surface area (Å²) in [6, 6.07) is 5.57. The highest BCUT2D eigenvalue weighted by atomic mass is 32.2. The fraction of sp³-hybridized carbons (Fsp3) is 0.333. The lowest BCUT2D eigenvalue weighted by Gasteiger charge is -1.96. The lowest BCUT2D eigenvalue weighted by molar-refractivity contribution is -0.111. The van der Waals surface area contributed by atoms with Crippen molar-refractivity contribution in [3.8, 4) is 0 Å². The zero-order chi connectivity index (χ0) is 8.81. The van der Waals surface area contributed by atoms with Crippen molar-refractivity contribution in [1.82, 2.24) is 4.98 Å². The van der Waals surface area contributed by atoms with Crippen molar-refractivity contribution in [2.24, 2.45) is 0 Å². The molecule has 0 N–H and O–H groups in total. The van der Waals surface area contributed by atoms with Gasteiger partial charge in [0.15, 0.2) is 5.12 Å². The molecule has 0 aliphatic heterocycles. The number of hydrogen-bond donors (Lipinski definition) is 0. The summed E-state index contributed by atoms with van der Waals surface area (Å²) in [6.07, 6.45) is 3.22. The lowest BCUT2D eigenvalue weighted by atomic mass is 10.4. The van der Waals surface area contributed by atoms with Gasteiger partial charge in [-0.15, -0.1) is 0 Å². The van der Waals surface area contributed by atoms with Crippen LogP contribution in [0.2, 0.25) is 0 Å². The van der Waals surface area contributed by atoms with E-state index in [1.807, 2.05) is 25.1 Å². The molecule has 3 heteroatoms. The van der Waals surface area contributed by atoms with E-state index in [4.69, 9.17) is 0 Å². The summed E-state index contributed by atoms with van der Waals surface area (Å²) in [5.41, 5.74) is 0. The molecule has 0 bridgehead atoms. The maximum atomic E-state index is 11.1. The molecule has 0 aromatic carbocycles. The summed E-state index contributed by atoms with van der Waals surface area (Å²) in [5.74, 6) is 0. The summed E-state index contributed by atoms with van der Waals surface area (Å²) in [4.78, 5) is 15.2. The van der Waals surface area contributed by atoms with Gasteiger partial charge in [-0.25, -0.2) is 4.98 Å². The van der Waals surface area contributed by atoms with Crippen LogP contribution in [0.15, 0.2) is 29.4 Å². The van der Waals surface area contributed by atoms with Crippen molar-refractivity contribution in [3.63, 3.8) is 0 Å². The van der Waals surface area contributed by atoms with Crippen LogP contribution in [0.25, 0.3) is 0 Å². The molecule has 0 radical (unpaired) electrons. The van der Waals surface area contributed by atoms with E-state index in [1.54, 1.807) is 6.20 Å². The Kier molecular flexibility index (Phi) is 3.80. The number of hydrogen-bond acceptors (Lipinski definition) is 3. The molecule has 64 valence electrons. The minimum absolute atomic E-state index is 0.191. The van der Waals surface area contributed by atoms with E-state index < -0.39 is 0 Å². The molecule has 0 amide bonds. The molecule has 0 saturated carbocycles. The second kappa shape index (κ2) is 4.93. The lowest BCUT2D eigenvalue weighted by Crippen LogP contribution is -1.90. The van der Waals surface area contributed by atoms with Gasteiger partial charge in [0.1, 0.15) is 5.03 Å². The molecule has 1 rings (SSSR count). The first-order chi connectivity index (χ1) is 5.83. The molecule has 1 aromatic heterocycles. The number of aromatic nitrogens is 1. The summed E-state index contributed by atoms with van der Waals surface area (Å²) in [7, 11) is 0. The minimum Gasteiger partial charge on any atom is -0.287 e. The van der Waals surface area contributed by atoms with Gasteiger partial charge in [-0.05, 0) is 30.3 Å². The SMILES string of the molecule is CCCC(=O)Sc1ccccn1. The van der Waals surface area contributed by atoms with E-state index in [0.717, 1.165) is 11.4 Å². The molecule has 2 nitrogen and oxygen atoms in total. The maximum Gasteiger partial charge on any atom is 0.195 e. The molecule has 0 spiro atoms. The van der Waals surface area contributed by atoms with Gasteiger partial charge in [0.2, 0.25) is 0 Å². The second-order valence-corrected chi connectivity index (χ2v) is 3.47. The summed E-state index contributed by atoms with van der Waals surface area (Å²) in [6.45, 7) is 2.00. The van der Waals surface area contributed by atoms with Crippen LogP contribution in [0.4, 0.5) is 0 Å². The number of thioether (sulfide) groups is 1. The van der Waals surface area contributed by atoms with Crippen molar-refractivity contribution in [2.45, 2.75) is 24.8 Å². The van der Waals surface area contributed by atoms with Crippen molar-refractivity contribution in [3.05, 3.63) is 24.4 Å². The Morgan fingerprint density at radius 3 is 3.00 bits per heavy atom. The van der Waals surface area contributed by atoms with Gasteiger partial charge in [-0.2, -0.15) is 0 Å². The molecule has 0 unspecified atom stereocenters.